The molecule has 1 amide bonds. The fourth-order valence-electron chi connectivity index (χ4n) is 2.15. The van der Waals surface area contributed by atoms with Crippen molar-refractivity contribution in [3.63, 3.8) is 0 Å². The molecule has 2 atom stereocenters. The molecule has 0 aromatic rings. The Balaban J connectivity index is 2.05. The summed E-state index contributed by atoms with van der Waals surface area (Å²) in [6.07, 6.45) is 5.75. The van der Waals surface area contributed by atoms with Gasteiger partial charge in [0.05, 0.1) is 0 Å². The zero-order chi connectivity index (χ0) is 11.3. The van der Waals surface area contributed by atoms with Crippen LogP contribution in [0.1, 0.15) is 52.4 Å². The molecule has 1 saturated heterocycles. The minimum atomic E-state index is 0.191. The van der Waals surface area contributed by atoms with Crippen LogP contribution in [-0.4, -0.2) is 17.7 Å². The Labute approximate surface area is 91.6 Å². The third-order valence-corrected chi connectivity index (χ3v) is 3.15. The van der Waals surface area contributed by atoms with E-state index in [0.717, 1.165) is 25.7 Å². The van der Waals surface area contributed by atoms with E-state index in [2.05, 4.69) is 12.2 Å². The molecule has 1 aliphatic heterocycles. The van der Waals surface area contributed by atoms with Gasteiger partial charge in [-0.05, 0) is 32.6 Å². The highest BCUT2D eigenvalue weighted by Gasteiger charge is 2.27. The first-order valence-corrected chi connectivity index (χ1v) is 5.88. The van der Waals surface area contributed by atoms with Gasteiger partial charge in [-0.25, -0.2) is 0 Å². The van der Waals surface area contributed by atoms with Crippen molar-refractivity contribution >= 4 is 11.7 Å². The molecule has 1 N–H and O–H groups in total. The van der Waals surface area contributed by atoms with Gasteiger partial charge in [-0.1, -0.05) is 12.8 Å². The Hall–Kier alpha value is -0.860. The number of rotatable bonds is 6. The van der Waals surface area contributed by atoms with Crippen LogP contribution in [0.15, 0.2) is 0 Å². The van der Waals surface area contributed by atoms with Crippen LogP contribution in [0.2, 0.25) is 0 Å². The fraction of sp³-hybridized carbons (Fsp3) is 0.833. The molecule has 0 aromatic carbocycles. The number of carbonyl (C=O) groups is 2. The third kappa shape index (κ3) is 4.45. The van der Waals surface area contributed by atoms with Crippen molar-refractivity contribution in [3.05, 3.63) is 0 Å². The minimum Gasteiger partial charge on any atom is -0.353 e. The minimum absolute atomic E-state index is 0.191. The lowest BCUT2D eigenvalue weighted by atomic mass is 9.94. The van der Waals surface area contributed by atoms with E-state index in [4.69, 9.17) is 0 Å². The van der Waals surface area contributed by atoms with Crippen LogP contribution >= 0.6 is 0 Å². The molecule has 3 heteroatoms. The zero-order valence-electron chi connectivity index (χ0n) is 9.71. The first-order valence-electron chi connectivity index (χ1n) is 5.88. The van der Waals surface area contributed by atoms with Crippen molar-refractivity contribution in [1.29, 1.82) is 0 Å². The Morgan fingerprint density at radius 1 is 1.40 bits per heavy atom. The lowest BCUT2D eigenvalue weighted by Gasteiger charge is -2.13. The number of ketones is 1. The molecule has 15 heavy (non-hydrogen) atoms. The summed E-state index contributed by atoms with van der Waals surface area (Å²) in [6.45, 7) is 3.72. The molecule has 1 fully saturated rings. The fourth-order valence-corrected chi connectivity index (χ4v) is 2.15. The molecular formula is C12H21NO2. The Morgan fingerprint density at radius 2 is 2.13 bits per heavy atom. The molecule has 0 saturated carbocycles. The maximum absolute atomic E-state index is 11.1. The zero-order valence-corrected chi connectivity index (χ0v) is 9.71. The summed E-state index contributed by atoms with van der Waals surface area (Å²) < 4.78 is 0. The highest BCUT2D eigenvalue weighted by molar-refractivity contribution is 5.78. The maximum atomic E-state index is 11.1. The second-order valence-electron chi connectivity index (χ2n) is 4.62. The van der Waals surface area contributed by atoms with E-state index in [-0.39, 0.29) is 11.7 Å². The van der Waals surface area contributed by atoms with Gasteiger partial charge in [0, 0.05) is 18.9 Å². The molecule has 0 radical (unpaired) electrons. The number of Topliss-reactive ketones (excluding diaryl/α,β-unsaturated/α-hetero) is 1. The number of hydrogen-bond donors (Lipinski definition) is 1. The van der Waals surface area contributed by atoms with Gasteiger partial charge in [0.2, 0.25) is 5.91 Å². The molecule has 0 aliphatic carbocycles. The van der Waals surface area contributed by atoms with Gasteiger partial charge >= 0.3 is 0 Å². The van der Waals surface area contributed by atoms with Crippen LogP contribution in [0.5, 0.6) is 0 Å². The van der Waals surface area contributed by atoms with Crippen LogP contribution < -0.4 is 5.32 Å². The van der Waals surface area contributed by atoms with E-state index in [0.29, 0.717) is 24.8 Å². The molecule has 0 spiro atoms. The molecule has 1 heterocycles. The normalized spacial score (nSPS) is 25.3. The molecule has 0 unspecified atom stereocenters. The van der Waals surface area contributed by atoms with Crippen molar-refractivity contribution in [2.75, 3.05) is 0 Å². The quantitative estimate of drug-likeness (QED) is 0.683. The lowest BCUT2D eigenvalue weighted by Crippen LogP contribution is -2.25. The summed E-state index contributed by atoms with van der Waals surface area (Å²) in [4.78, 5) is 21.8. The Kier molecular flexibility index (Phi) is 4.79. The summed E-state index contributed by atoms with van der Waals surface area (Å²) in [7, 11) is 0. The van der Waals surface area contributed by atoms with Crippen LogP contribution in [-0.2, 0) is 9.59 Å². The second-order valence-corrected chi connectivity index (χ2v) is 4.62. The van der Waals surface area contributed by atoms with Crippen molar-refractivity contribution in [2.45, 2.75) is 58.4 Å². The molecule has 86 valence electrons. The monoisotopic (exact) mass is 211 g/mol. The highest BCUT2D eigenvalue weighted by atomic mass is 16.2. The van der Waals surface area contributed by atoms with Gasteiger partial charge in [-0.2, -0.15) is 0 Å². The Bertz CT molecular complexity index is 238. The van der Waals surface area contributed by atoms with E-state index < -0.39 is 0 Å². The summed E-state index contributed by atoms with van der Waals surface area (Å²) in [5.74, 6) is 0.979. The van der Waals surface area contributed by atoms with Gasteiger partial charge < -0.3 is 10.1 Å². The third-order valence-electron chi connectivity index (χ3n) is 3.15. The van der Waals surface area contributed by atoms with Gasteiger partial charge in [0.15, 0.2) is 0 Å². The van der Waals surface area contributed by atoms with Crippen LogP contribution in [0.3, 0.4) is 0 Å². The number of unbranched alkanes of at least 4 members (excludes halogenated alkanes) is 2. The molecule has 1 aliphatic rings. The van der Waals surface area contributed by atoms with E-state index in [1.165, 1.54) is 0 Å². The molecule has 1 rings (SSSR count). The van der Waals surface area contributed by atoms with E-state index >= 15 is 0 Å². The van der Waals surface area contributed by atoms with Gasteiger partial charge in [0.25, 0.3) is 0 Å². The van der Waals surface area contributed by atoms with Crippen molar-refractivity contribution < 1.29 is 9.59 Å². The van der Waals surface area contributed by atoms with E-state index in [1.54, 1.807) is 6.92 Å². The van der Waals surface area contributed by atoms with Crippen molar-refractivity contribution in [1.82, 2.24) is 5.32 Å². The molecule has 0 bridgehead atoms. The molecule has 3 nitrogen and oxygen atoms in total. The van der Waals surface area contributed by atoms with Crippen LogP contribution in [0.4, 0.5) is 0 Å². The predicted molar refractivity (Wildman–Crippen MR) is 59.5 cm³/mol. The van der Waals surface area contributed by atoms with E-state index in [1.807, 2.05) is 0 Å². The van der Waals surface area contributed by atoms with Crippen LogP contribution in [0.25, 0.3) is 0 Å². The second kappa shape index (κ2) is 5.89. The smallest absolute Gasteiger partial charge is 0.220 e. The topological polar surface area (TPSA) is 46.2 Å². The first kappa shape index (κ1) is 12.2. The summed E-state index contributed by atoms with van der Waals surface area (Å²) in [6, 6.07) is 0.338. The van der Waals surface area contributed by atoms with Crippen molar-refractivity contribution in [2.24, 2.45) is 5.92 Å². The lowest BCUT2D eigenvalue weighted by molar-refractivity contribution is -0.119. The van der Waals surface area contributed by atoms with Gasteiger partial charge in [0.1, 0.15) is 5.78 Å². The first-order chi connectivity index (χ1) is 7.09. The number of amides is 1. The van der Waals surface area contributed by atoms with Gasteiger partial charge in [-0.3, -0.25) is 4.79 Å². The van der Waals surface area contributed by atoms with E-state index in [9.17, 15) is 9.59 Å². The summed E-state index contributed by atoms with van der Waals surface area (Å²) in [5.41, 5.74) is 0. The number of hydrogen-bond acceptors (Lipinski definition) is 2. The van der Waals surface area contributed by atoms with Gasteiger partial charge in [-0.15, -0.1) is 0 Å². The average Bonchev–Trinajstić information content (AvgIpc) is 2.44. The number of nitrogens with one attached hydrogen (secondary N) is 1. The summed E-state index contributed by atoms with van der Waals surface area (Å²) in [5, 5.41) is 2.93. The largest absolute Gasteiger partial charge is 0.353 e. The average molecular weight is 211 g/mol. The van der Waals surface area contributed by atoms with Crippen molar-refractivity contribution in [3.8, 4) is 0 Å². The summed E-state index contributed by atoms with van der Waals surface area (Å²) >= 11 is 0. The molecule has 0 aromatic heterocycles. The molecular weight excluding hydrogens is 190 g/mol. The highest BCUT2D eigenvalue weighted by Crippen LogP contribution is 2.22. The SMILES string of the molecule is CC(=O)CCCCC[C@H]1CC(=O)N[C@H]1C. The Morgan fingerprint density at radius 3 is 2.67 bits per heavy atom. The predicted octanol–water partition coefficient (Wildman–Crippen LogP) is 2.05. The van der Waals surface area contributed by atoms with Crippen LogP contribution in [0, 0.1) is 5.92 Å². The standard InChI is InChI=1S/C12H21NO2/c1-9(14)6-4-3-5-7-11-8-12(15)13-10(11)2/h10-11H,3-8H2,1-2H3,(H,13,15)/t10-,11-/m0/s1. The maximum Gasteiger partial charge on any atom is 0.220 e. The number of carbonyl (C=O) groups excluding carboxylic acids is 2.